The first-order chi connectivity index (χ1) is 9.56. The zero-order valence-electron chi connectivity index (χ0n) is 11.5. The molecule has 20 heavy (non-hydrogen) atoms. The molecule has 0 unspecified atom stereocenters. The lowest BCUT2D eigenvalue weighted by Crippen LogP contribution is -2.02. The van der Waals surface area contributed by atoms with Crippen molar-refractivity contribution in [2.24, 2.45) is 0 Å². The Hall–Kier alpha value is -2.56. The number of aromatic carboxylic acids is 1. The van der Waals surface area contributed by atoms with E-state index in [1.165, 1.54) is 0 Å². The maximum Gasteiger partial charge on any atom is 0.337 e. The molecule has 0 atom stereocenters. The van der Waals surface area contributed by atoms with Crippen molar-refractivity contribution in [3.8, 4) is 22.8 Å². The standard InChI is InChI=1S/C15H15NO4/c1-9-11(15(17)18)5-6-12(16-9)10-4-7-13(19-2)14(8-10)20-3/h4-8H,1-3H3,(H,17,18). The lowest BCUT2D eigenvalue weighted by atomic mass is 10.1. The molecule has 104 valence electrons. The Morgan fingerprint density at radius 3 is 2.35 bits per heavy atom. The summed E-state index contributed by atoms with van der Waals surface area (Å²) in [6.45, 7) is 1.67. The van der Waals surface area contributed by atoms with E-state index in [-0.39, 0.29) is 5.56 Å². The monoisotopic (exact) mass is 273 g/mol. The molecule has 0 fully saturated rings. The molecule has 2 aromatic rings. The van der Waals surface area contributed by atoms with Gasteiger partial charge in [0.25, 0.3) is 0 Å². The number of carboxylic acids is 1. The summed E-state index contributed by atoms with van der Waals surface area (Å²) < 4.78 is 10.4. The van der Waals surface area contributed by atoms with E-state index in [2.05, 4.69) is 4.98 Å². The normalized spacial score (nSPS) is 10.2. The molecular formula is C15H15NO4. The Bertz CT molecular complexity index is 652. The number of aryl methyl sites for hydroxylation is 1. The van der Waals surface area contributed by atoms with Crippen LogP contribution < -0.4 is 9.47 Å². The highest BCUT2D eigenvalue weighted by molar-refractivity contribution is 5.89. The number of benzene rings is 1. The Morgan fingerprint density at radius 2 is 1.80 bits per heavy atom. The van der Waals surface area contributed by atoms with Gasteiger partial charge in [-0.15, -0.1) is 0 Å². The molecule has 0 spiro atoms. The van der Waals surface area contributed by atoms with E-state index in [1.807, 2.05) is 6.07 Å². The van der Waals surface area contributed by atoms with Crippen LogP contribution in [-0.4, -0.2) is 30.3 Å². The Labute approximate surface area is 116 Å². The van der Waals surface area contributed by atoms with Crippen LogP contribution in [0.3, 0.4) is 0 Å². The minimum atomic E-state index is -0.978. The summed E-state index contributed by atoms with van der Waals surface area (Å²) in [5.74, 6) is 0.260. The maximum absolute atomic E-state index is 11.0. The van der Waals surface area contributed by atoms with Gasteiger partial charge in [-0.3, -0.25) is 4.98 Å². The highest BCUT2D eigenvalue weighted by Gasteiger charge is 2.11. The van der Waals surface area contributed by atoms with Crippen LogP contribution in [0.5, 0.6) is 11.5 Å². The topological polar surface area (TPSA) is 68.7 Å². The molecule has 0 radical (unpaired) electrons. The molecule has 0 saturated carbocycles. The van der Waals surface area contributed by atoms with Crippen LogP contribution in [0.25, 0.3) is 11.3 Å². The summed E-state index contributed by atoms with van der Waals surface area (Å²) in [5.41, 5.74) is 2.20. The van der Waals surface area contributed by atoms with Crippen LogP contribution in [0.4, 0.5) is 0 Å². The number of nitrogens with zero attached hydrogens (tertiary/aromatic N) is 1. The van der Waals surface area contributed by atoms with E-state index in [9.17, 15) is 4.79 Å². The number of carboxylic acid groups (broad SMARTS) is 1. The van der Waals surface area contributed by atoms with Crippen LogP contribution >= 0.6 is 0 Å². The third-order valence-corrected chi connectivity index (χ3v) is 3.00. The van der Waals surface area contributed by atoms with Gasteiger partial charge in [-0.05, 0) is 37.3 Å². The molecule has 1 aromatic carbocycles. The van der Waals surface area contributed by atoms with E-state index >= 15 is 0 Å². The molecule has 2 rings (SSSR count). The van der Waals surface area contributed by atoms with Crippen molar-refractivity contribution in [2.75, 3.05) is 14.2 Å². The van der Waals surface area contributed by atoms with Gasteiger partial charge in [-0.25, -0.2) is 4.79 Å². The number of hydrogen-bond donors (Lipinski definition) is 1. The lowest BCUT2D eigenvalue weighted by molar-refractivity contribution is 0.0695. The number of methoxy groups -OCH3 is 2. The molecule has 0 aliphatic carbocycles. The number of pyridine rings is 1. The molecule has 5 nitrogen and oxygen atoms in total. The van der Waals surface area contributed by atoms with Gasteiger partial charge < -0.3 is 14.6 Å². The van der Waals surface area contributed by atoms with Crippen molar-refractivity contribution < 1.29 is 19.4 Å². The minimum Gasteiger partial charge on any atom is -0.493 e. The minimum absolute atomic E-state index is 0.203. The zero-order valence-corrected chi connectivity index (χ0v) is 11.5. The molecule has 0 saturated heterocycles. The first kappa shape index (κ1) is 13.9. The van der Waals surface area contributed by atoms with Gasteiger partial charge in [0, 0.05) is 5.56 Å². The second kappa shape index (κ2) is 5.61. The molecule has 1 N–H and O–H groups in total. The van der Waals surface area contributed by atoms with Gasteiger partial charge in [0.2, 0.25) is 0 Å². The van der Waals surface area contributed by atoms with Crippen LogP contribution in [0.1, 0.15) is 16.1 Å². The summed E-state index contributed by atoms with van der Waals surface area (Å²) in [6, 6.07) is 8.68. The van der Waals surface area contributed by atoms with E-state index in [4.69, 9.17) is 14.6 Å². The molecule has 0 aliphatic heterocycles. The zero-order chi connectivity index (χ0) is 14.7. The second-order valence-corrected chi connectivity index (χ2v) is 4.20. The number of rotatable bonds is 4. The highest BCUT2D eigenvalue weighted by atomic mass is 16.5. The molecule has 0 bridgehead atoms. The largest absolute Gasteiger partial charge is 0.493 e. The number of aromatic nitrogens is 1. The average molecular weight is 273 g/mol. The van der Waals surface area contributed by atoms with Crippen molar-refractivity contribution in [1.29, 1.82) is 0 Å². The SMILES string of the molecule is COc1ccc(-c2ccc(C(=O)O)c(C)n2)cc1OC. The van der Waals surface area contributed by atoms with Gasteiger partial charge in [-0.2, -0.15) is 0 Å². The van der Waals surface area contributed by atoms with Gasteiger partial charge in [0.15, 0.2) is 11.5 Å². The number of ether oxygens (including phenoxy) is 2. The number of carbonyl (C=O) groups is 1. The van der Waals surface area contributed by atoms with E-state index in [0.29, 0.717) is 22.9 Å². The van der Waals surface area contributed by atoms with Gasteiger partial charge in [0.1, 0.15) is 0 Å². The summed E-state index contributed by atoms with van der Waals surface area (Å²) in [5, 5.41) is 9.00. The van der Waals surface area contributed by atoms with Crippen molar-refractivity contribution in [3.63, 3.8) is 0 Å². The first-order valence-corrected chi connectivity index (χ1v) is 6.00. The summed E-state index contributed by atoms with van der Waals surface area (Å²) in [4.78, 5) is 15.3. The Kier molecular flexibility index (Phi) is 3.89. The van der Waals surface area contributed by atoms with E-state index in [0.717, 1.165) is 5.56 Å². The highest BCUT2D eigenvalue weighted by Crippen LogP contribution is 2.31. The van der Waals surface area contributed by atoms with Crippen molar-refractivity contribution >= 4 is 5.97 Å². The summed E-state index contributed by atoms with van der Waals surface area (Å²) in [6.07, 6.45) is 0. The van der Waals surface area contributed by atoms with Gasteiger partial charge in [0.05, 0.1) is 31.2 Å². The van der Waals surface area contributed by atoms with Crippen molar-refractivity contribution in [3.05, 3.63) is 41.6 Å². The summed E-state index contributed by atoms with van der Waals surface area (Å²) in [7, 11) is 3.13. The summed E-state index contributed by atoms with van der Waals surface area (Å²) >= 11 is 0. The van der Waals surface area contributed by atoms with E-state index in [1.54, 1.807) is 45.4 Å². The fourth-order valence-corrected chi connectivity index (χ4v) is 1.94. The van der Waals surface area contributed by atoms with Crippen LogP contribution in [0, 0.1) is 6.92 Å². The third-order valence-electron chi connectivity index (χ3n) is 3.00. The van der Waals surface area contributed by atoms with E-state index < -0.39 is 5.97 Å². The van der Waals surface area contributed by atoms with Gasteiger partial charge in [-0.1, -0.05) is 0 Å². The Balaban J connectivity index is 2.46. The lowest BCUT2D eigenvalue weighted by Gasteiger charge is -2.10. The fourth-order valence-electron chi connectivity index (χ4n) is 1.94. The number of hydrogen-bond acceptors (Lipinski definition) is 4. The van der Waals surface area contributed by atoms with Crippen LogP contribution in [0.2, 0.25) is 0 Å². The third kappa shape index (κ3) is 2.56. The smallest absolute Gasteiger partial charge is 0.337 e. The van der Waals surface area contributed by atoms with Crippen LogP contribution in [0.15, 0.2) is 30.3 Å². The molecule has 0 amide bonds. The molecule has 1 heterocycles. The van der Waals surface area contributed by atoms with Crippen molar-refractivity contribution in [1.82, 2.24) is 4.98 Å². The predicted molar refractivity (Wildman–Crippen MR) is 74.5 cm³/mol. The van der Waals surface area contributed by atoms with Gasteiger partial charge >= 0.3 is 5.97 Å². The first-order valence-electron chi connectivity index (χ1n) is 6.00. The van der Waals surface area contributed by atoms with Crippen LogP contribution in [-0.2, 0) is 0 Å². The Morgan fingerprint density at radius 1 is 1.10 bits per heavy atom. The molecular weight excluding hydrogens is 258 g/mol. The maximum atomic E-state index is 11.0. The second-order valence-electron chi connectivity index (χ2n) is 4.20. The molecule has 5 heteroatoms. The quantitative estimate of drug-likeness (QED) is 0.927. The molecule has 1 aromatic heterocycles. The molecule has 0 aliphatic rings. The fraction of sp³-hybridized carbons (Fsp3) is 0.200. The average Bonchev–Trinajstić information content (AvgIpc) is 2.45. The predicted octanol–water partition coefficient (Wildman–Crippen LogP) is 2.77. The van der Waals surface area contributed by atoms with Crippen molar-refractivity contribution in [2.45, 2.75) is 6.92 Å².